The first-order valence-electron chi connectivity index (χ1n) is 7.29. The van der Waals surface area contributed by atoms with Crippen molar-refractivity contribution in [2.75, 3.05) is 5.32 Å². The second-order valence-corrected chi connectivity index (χ2v) is 5.45. The van der Waals surface area contributed by atoms with E-state index < -0.39 is 23.8 Å². The summed E-state index contributed by atoms with van der Waals surface area (Å²) in [6.45, 7) is 1.74. The van der Waals surface area contributed by atoms with Gasteiger partial charge in [0.2, 0.25) is 11.8 Å². The number of nitrogens with one attached hydrogen (secondary N) is 3. The topological polar surface area (TPSA) is 87.3 Å². The van der Waals surface area contributed by atoms with Crippen LogP contribution in [0.25, 0.3) is 0 Å². The molecular formula is C16H17N3O3. The van der Waals surface area contributed by atoms with Crippen molar-refractivity contribution in [2.24, 2.45) is 5.92 Å². The lowest BCUT2D eigenvalue weighted by Gasteiger charge is -2.24. The number of imide groups is 2. The van der Waals surface area contributed by atoms with Gasteiger partial charge in [0.25, 0.3) is 0 Å². The molecule has 1 aliphatic heterocycles. The van der Waals surface area contributed by atoms with Crippen LogP contribution < -0.4 is 16.0 Å². The van der Waals surface area contributed by atoms with Gasteiger partial charge >= 0.3 is 6.03 Å². The summed E-state index contributed by atoms with van der Waals surface area (Å²) >= 11 is 0. The number of carbonyl (C=O) groups is 3. The summed E-state index contributed by atoms with van der Waals surface area (Å²) in [6, 6.07) is 5.29. The van der Waals surface area contributed by atoms with Crippen molar-refractivity contribution in [3.8, 4) is 0 Å². The minimum absolute atomic E-state index is 0.459. The van der Waals surface area contributed by atoms with Crippen molar-refractivity contribution < 1.29 is 14.4 Å². The van der Waals surface area contributed by atoms with Gasteiger partial charge < -0.3 is 5.32 Å². The van der Waals surface area contributed by atoms with Crippen LogP contribution in [0.1, 0.15) is 24.5 Å². The number of urea groups is 1. The molecule has 2 aliphatic rings. The maximum absolute atomic E-state index is 11.9. The molecule has 1 aliphatic carbocycles. The molecular weight excluding hydrogens is 282 g/mol. The molecule has 4 amide bonds. The van der Waals surface area contributed by atoms with Crippen molar-refractivity contribution in [3.63, 3.8) is 0 Å². The molecule has 114 valence electrons. The Kier molecular flexibility index (Phi) is 3.66. The maximum atomic E-state index is 11.9. The number of hydrogen-bond acceptors (Lipinski definition) is 4. The lowest BCUT2D eigenvalue weighted by Crippen LogP contribution is -2.56. The van der Waals surface area contributed by atoms with Crippen LogP contribution in [0.5, 0.6) is 0 Å². The van der Waals surface area contributed by atoms with E-state index in [0.717, 1.165) is 24.9 Å². The van der Waals surface area contributed by atoms with Gasteiger partial charge in [0.05, 0.1) is 0 Å². The van der Waals surface area contributed by atoms with Crippen LogP contribution >= 0.6 is 0 Å². The van der Waals surface area contributed by atoms with Gasteiger partial charge in [-0.3, -0.25) is 20.2 Å². The van der Waals surface area contributed by atoms with E-state index in [1.54, 1.807) is 13.0 Å². The Morgan fingerprint density at radius 1 is 1.14 bits per heavy atom. The summed E-state index contributed by atoms with van der Waals surface area (Å²) in [7, 11) is 0. The van der Waals surface area contributed by atoms with Crippen LogP contribution in [0.3, 0.4) is 0 Å². The van der Waals surface area contributed by atoms with E-state index in [1.807, 2.05) is 6.07 Å². The quantitative estimate of drug-likeness (QED) is 0.738. The lowest BCUT2D eigenvalue weighted by molar-refractivity contribution is -0.134. The zero-order valence-corrected chi connectivity index (χ0v) is 12.2. The molecule has 6 heteroatoms. The molecule has 0 unspecified atom stereocenters. The number of hydrogen-bond donors (Lipinski definition) is 3. The maximum Gasteiger partial charge on any atom is 0.328 e. The van der Waals surface area contributed by atoms with Crippen LogP contribution in [-0.2, 0) is 22.4 Å². The third kappa shape index (κ3) is 2.59. The summed E-state index contributed by atoms with van der Waals surface area (Å²) in [4.78, 5) is 35.0. The molecule has 1 aromatic rings. The van der Waals surface area contributed by atoms with E-state index in [-0.39, 0.29) is 0 Å². The molecule has 0 radical (unpaired) electrons. The predicted octanol–water partition coefficient (Wildman–Crippen LogP) is 1.47. The number of benzene rings is 1. The molecule has 0 bridgehead atoms. The average molecular weight is 299 g/mol. The average Bonchev–Trinajstić information content (AvgIpc) is 2.92. The summed E-state index contributed by atoms with van der Waals surface area (Å²) < 4.78 is 0. The van der Waals surface area contributed by atoms with E-state index in [9.17, 15) is 14.4 Å². The number of aryl methyl sites for hydroxylation is 2. The molecule has 1 saturated heterocycles. The SMILES string of the molecule is C/C=C(/Nc1ccc2c(c1)CCC2)C1C(=O)NC(=O)NC1=O. The second-order valence-electron chi connectivity index (χ2n) is 5.45. The minimum atomic E-state index is -1.05. The van der Waals surface area contributed by atoms with E-state index >= 15 is 0 Å². The molecule has 1 fully saturated rings. The van der Waals surface area contributed by atoms with Crippen molar-refractivity contribution in [2.45, 2.75) is 26.2 Å². The smallest absolute Gasteiger partial charge is 0.328 e. The largest absolute Gasteiger partial charge is 0.358 e. The van der Waals surface area contributed by atoms with Gasteiger partial charge in [-0.25, -0.2) is 4.79 Å². The summed E-state index contributed by atoms with van der Waals surface area (Å²) in [5, 5.41) is 7.35. The van der Waals surface area contributed by atoms with Crippen LogP contribution in [0, 0.1) is 5.92 Å². The monoisotopic (exact) mass is 299 g/mol. The fraction of sp³-hybridized carbons (Fsp3) is 0.312. The predicted molar refractivity (Wildman–Crippen MR) is 81.0 cm³/mol. The Bertz CT molecular complexity index is 674. The molecule has 22 heavy (non-hydrogen) atoms. The minimum Gasteiger partial charge on any atom is -0.358 e. The van der Waals surface area contributed by atoms with Gasteiger partial charge in [-0.05, 0) is 49.4 Å². The fourth-order valence-corrected chi connectivity index (χ4v) is 2.93. The molecule has 0 spiro atoms. The van der Waals surface area contributed by atoms with Gasteiger partial charge in [-0.2, -0.15) is 0 Å². The van der Waals surface area contributed by atoms with Gasteiger partial charge in [0.15, 0.2) is 5.92 Å². The molecule has 6 nitrogen and oxygen atoms in total. The molecule has 3 rings (SSSR count). The summed E-state index contributed by atoms with van der Waals surface area (Å²) in [5.41, 5.74) is 3.95. The van der Waals surface area contributed by atoms with Gasteiger partial charge in [0, 0.05) is 11.4 Å². The molecule has 3 N–H and O–H groups in total. The highest BCUT2D eigenvalue weighted by atomic mass is 16.2. The van der Waals surface area contributed by atoms with Crippen LogP contribution in [0.4, 0.5) is 10.5 Å². The summed E-state index contributed by atoms with van der Waals surface area (Å²) in [6.07, 6.45) is 4.98. The van der Waals surface area contributed by atoms with Crippen molar-refractivity contribution in [1.82, 2.24) is 10.6 Å². The van der Waals surface area contributed by atoms with Crippen LogP contribution in [0.15, 0.2) is 30.0 Å². The number of anilines is 1. The molecule has 1 heterocycles. The Balaban J connectivity index is 1.82. The number of allylic oxidation sites excluding steroid dienone is 1. The summed E-state index contributed by atoms with van der Waals surface area (Å²) in [5.74, 6) is -2.28. The second kappa shape index (κ2) is 5.63. The number of barbiturate groups is 1. The van der Waals surface area contributed by atoms with Gasteiger partial charge in [0.1, 0.15) is 0 Å². The first-order valence-corrected chi connectivity index (χ1v) is 7.29. The third-order valence-electron chi connectivity index (χ3n) is 4.01. The van der Waals surface area contributed by atoms with Crippen molar-refractivity contribution in [3.05, 3.63) is 41.1 Å². The lowest BCUT2D eigenvalue weighted by atomic mass is 10.0. The van der Waals surface area contributed by atoms with Crippen LogP contribution in [0.2, 0.25) is 0 Å². The number of rotatable bonds is 3. The normalized spacial score (nSPS) is 18.8. The zero-order valence-electron chi connectivity index (χ0n) is 12.2. The standard InChI is InChI=1S/C16H17N3O3/c1-2-12(13-14(20)18-16(22)19-15(13)21)17-11-7-6-9-4-3-5-10(9)8-11/h2,6-8,13,17H,3-5H2,1H3,(H2,18,19,20,21,22)/b12-2+. The van der Waals surface area contributed by atoms with Gasteiger partial charge in [-0.15, -0.1) is 0 Å². The van der Waals surface area contributed by atoms with E-state index in [4.69, 9.17) is 0 Å². The highest BCUT2D eigenvalue weighted by Gasteiger charge is 2.36. The Morgan fingerprint density at radius 3 is 2.50 bits per heavy atom. The molecule has 1 aromatic carbocycles. The van der Waals surface area contributed by atoms with Crippen LogP contribution in [-0.4, -0.2) is 17.8 Å². The van der Waals surface area contributed by atoms with E-state index in [1.165, 1.54) is 11.1 Å². The Hall–Kier alpha value is -2.63. The van der Waals surface area contributed by atoms with Gasteiger partial charge in [-0.1, -0.05) is 12.1 Å². The molecule has 0 atom stereocenters. The highest BCUT2D eigenvalue weighted by molar-refractivity contribution is 6.18. The Labute approximate surface area is 128 Å². The number of carbonyl (C=O) groups excluding carboxylic acids is 3. The molecule has 0 saturated carbocycles. The van der Waals surface area contributed by atoms with E-state index in [0.29, 0.717) is 5.70 Å². The van der Waals surface area contributed by atoms with Crippen molar-refractivity contribution >= 4 is 23.5 Å². The number of amides is 4. The first kappa shape index (κ1) is 14.3. The Morgan fingerprint density at radius 2 is 1.82 bits per heavy atom. The fourth-order valence-electron chi connectivity index (χ4n) is 2.93. The third-order valence-corrected chi connectivity index (χ3v) is 4.01. The van der Waals surface area contributed by atoms with Crippen molar-refractivity contribution in [1.29, 1.82) is 0 Å². The first-order chi connectivity index (χ1) is 10.6. The highest BCUT2D eigenvalue weighted by Crippen LogP contribution is 2.26. The molecule has 0 aromatic heterocycles. The van der Waals surface area contributed by atoms with E-state index in [2.05, 4.69) is 28.1 Å². The zero-order chi connectivity index (χ0) is 15.7. The number of fused-ring (bicyclic) bond motifs is 1.